The largest absolute Gasteiger partial charge is 0.467 e. The van der Waals surface area contributed by atoms with E-state index < -0.39 is 5.54 Å². The predicted molar refractivity (Wildman–Crippen MR) is 75.8 cm³/mol. The molecule has 1 saturated heterocycles. The maximum absolute atomic E-state index is 12.4. The molecule has 0 bridgehead atoms. The average molecular weight is 261 g/mol. The van der Waals surface area contributed by atoms with Gasteiger partial charge in [-0.2, -0.15) is 0 Å². The normalized spacial score (nSPS) is 23.6. The van der Waals surface area contributed by atoms with Gasteiger partial charge in [-0.15, -0.1) is 0 Å². The van der Waals surface area contributed by atoms with Crippen LogP contribution in [0.3, 0.4) is 0 Å². The van der Waals surface area contributed by atoms with Crippen LogP contribution in [-0.2, 0) is 15.1 Å². The van der Waals surface area contributed by atoms with Crippen LogP contribution in [0.5, 0.6) is 0 Å². The van der Waals surface area contributed by atoms with E-state index >= 15 is 0 Å². The summed E-state index contributed by atoms with van der Waals surface area (Å²) in [6.07, 6.45) is 2.38. The Labute approximate surface area is 115 Å². The van der Waals surface area contributed by atoms with E-state index in [-0.39, 0.29) is 5.97 Å². The van der Waals surface area contributed by atoms with Crippen LogP contribution in [0.4, 0.5) is 0 Å². The molecule has 1 fully saturated rings. The predicted octanol–water partition coefficient (Wildman–Crippen LogP) is 2.81. The van der Waals surface area contributed by atoms with Crippen molar-refractivity contribution in [2.45, 2.75) is 32.2 Å². The topological polar surface area (TPSA) is 29.5 Å². The molecule has 2 atom stereocenters. The molecule has 0 amide bonds. The molecule has 2 rings (SSSR count). The van der Waals surface area contributed by atoms with Crippen molar-refractivity contribution in [1.29, 1.82) is 0 Å². The number of ether oxygens (including phenoxy) is 1. The average Bonchev–Trinajstić information content (AvgIpc) is 2.46. The van der Waals surface area contributed by atoms with Crippen molar-refractivity contribution >= 4 is 5.97 Å². The van der Waals surface area contributed by atoms with E-state index in [1.54, 1.807) is 0 Å². The van der Waals surface area contributed by atoms with Crippen molar-refractivity contribution in [3.63, 3.8) is 0 Å². The summed E-state index contributed by atoms with van der Waals surface area (Å²) in [5, 5.41) is 0. The third-order valence-corrected chi connectivity index (χ3v) is 4.21. The van der Waals surface area contributed by atoms with E-state index in [4.69, 9.17) is 4.74 Å². The van der Waals surface area contributed by atoms with Gasteiger partial charge in [-0.05, 0) is 37.8 Å². The van der Waals surface area contributed by atoms with Crippen LogP contribution in [0.15, 0.2) is 30.3 Å². The van der Waals surface area contributed by atoms with Crippen LogP contribution in [0, 0.1) is 5.92 Å². The monoisotopic (exact) mass is 261 g/mol. The minimum Gasteiger partial charge on any atom is -0.467 e. The zero-order valence-corrected chi connectivity index (χ0v) is 12.1. The third-order valence-electron chi connectivity index (χ3n) is 4.21. The lowest BCUT2D eigenvalue weighted by molar-refractivity contribution is -0.156. The van der Waals surface area contributed by atoms with Gasteiger partial charge in [-0.25, -0.2) is 4.79 Å². The highest BCUT2D eigenvalue weighted by atomic mass is 16.5. The molecular weight excluding hydrogens is 238 g/mol. The van der Waals surface area contributed by atoms with Gasteiger partial charge in [0.1, 0.15) is 5.54 Å². The van der Waals surface area contributed by atoms with E-state index in [1.807, 2.05) is 37.3 Å². The Bertz CT molecular complexity index is 432. The van der Waals surface area contributed by atoms with E-state index in [0.717, 1.165) is 25.1 Å². The molecule has 1 aromatic carbocycles. The third kappa shape index (κ3) is 2.66. The minimum absolute atomic E-state index is 0.173. The Morgan fingerprint density at radius 2 is 2.05 bits per heavy atom. The molecule has 1 aromatic rings. The molecule has 3 nitrogen and oxygen atoms in total. The number of benzene rings is 1. The van der Waals surface area contributed by atoms with E-state index in [9.17, 15) is 4.79 Å². The van der Waals surface area contributed by atoms with Crippen molar-refractivity contribution in [1.82, 2.24) is 4.90 Å². The molecule has 1 aliphatic rings. The van der Waals surface area contributed by atoms with Gasteiger partial charge >= 0.3 is 5.97 Å². The van der Waals surface area contributed by atoms with Gasteiger partial charge in [0.15, 0.2) is 0 Å². The summed E-state index contributed by atoms with van der Waals surface area (Å²) in [5.74, 6) is 0.453. The van der Waals surface area contributed by atoms with Crippen LogP contribution in [-0.4, -0.2) is 31.1 Å². The fourth-order valence-corrected chi connectivity index (χ4v) is 2.99. The lowest BCUT2D eigenvalue weighted by atomic mass is 9.86. The van der Waals surface area contributed by atoms with Crippen LogP contribution in [0.1, 0.15) is 32.3 Å². The summed E-state index contributed by atoms with van der Waals surface area (Å²) in [4.78, 5) is 14.6. The molecule has 0 spiro atoms. The van der Waals surface area contributed by atoms with Crippen LogP contribution in [0.2, 0.25) is 0 Å². The Morgan fingerprint density at radius 1 is 1.37 bits per heavy atom. The molecule has 0 saturated carbocycles. The second-order valence-electron chi connectivity index (χ2n) is 5.62. The lowest BCUT2D eigenvalue weighted by Gasteiger charge is -2.43. The number of likely N-dealkylation sites (tertiary alicyclic amines) is 1. The molecule has 104 valence electrons. The number of methoxy groups -OCH3 is 1. The van der Waals surface area contributed by atoms with E-state index in [2.05, 4.69) is 11.8 Å². The van der Waals surface area contributed by atoms with Gasteiger partial charge in [-0.3, -0.25) is 4.90 Å². The Hall–Kier alpha value is -1.35. The Kier molecular flexibility index (Phi) is 4.25. The van der Waals surface area contributed by atoms with Crippen LogP contribution in [0.25, 0.3) is 0 Å². The summed E-state index contributed by atoms with van der Waals surface area (Å²) in [7, 11) is 1.47. The second kappa shape index (κ2) is 5.74. The lowest BCUT2D eigenvalue weighted by Crippen LogP contribution is -2.53. The summed E-state index contributed by atoms with van der Waals surface area (Å²) in [5.41, 5.74) is 0.334. The molecular formula is C16H23NO2. The zero-order chi connectivity index (χ0) is 13.9. The molecule has 0 aromatic heterocycles. The highest BCUT2D eigenvalue weighted by Crippen LogP contribution is 2.33. The molecule has 0 N–H and O–H groups in total. The first kappa shape index (κ1) is 14.1. The van der Waals surface area contributed by atoms with Gasteiger partial charge in [0.2, 0.25) is 0 Å². The van der Waals surface area contributed by atoms with Crippen molar-refractivity contribution in [3.05, 3.63) is 35.9 Å². The quantitative estimate of drug-likeness (QED) is 0.784. The highest BCUT2D eigenvalue weighted by molar-refractivity contribution is 5.82. The van der Waals surface area contributed by atoms with Gasteiger partial charge in [0, 0.05) is 6.54 Å². The second-order valence-corrected chi connectivity index (χ2v) is 5.62. The highest BCUT2D eigenvalue weighted by Gasteiger charge is 2.43. The molecule has 1 heterocycles. The summed E-state index contributed by atoms with van der Waals surface area (Å²) >= 11 is 0. The van der Waals surface area contributed by atoms with E-state index in [0.29, 0.717) is 5.92 Å². The summed E-state index contributed by atoms with van der Waals surface area (Å²) in [6.45, 7) is 6.12. The van der Waals surface area contributed by atoms with Crippen molar-refractivity contribution in [2.75, 3.05) is 20.2 Å². The fraction of sp³-hybridized carbons (Fsp3) is 0.562. The summed E-state index contributed by atoms with van der Waals surface area (Å²) in [6, 6.07) is 9.94. The van der Waals surface area contributed by atoms with Crippen molar-refractivity contribution in [3.8, 4) is 0 Å². The number of esters is 1. The minimum atomic E-state index is -0.676. The number of hydrogen-bond donors (Lipinski definition) is 0. The number of carbonyl (C=O) groups is 1. The molecule has 19 heavy (non-hydrogen) atoms. The van der Waals surface area contributed by atoms with Crippen LogP contribution >= 0.6 is 0 Å². The first-order valence-electron chi connectivity index (χ1n) is 6.98. The standard InChI is InChI=1S/C16H23NO2/c1-13-8-7-11-17(12-13)16(2,15(18)19-3)14-9-5-4-6-10-14/h4-6,9-10,13H,7-8,11-12H2,1-3H3/t13-,16-/m0/s1. The van der Waals surface area contributed by atoms with Gasteiger partial charge in [-0.1, -0.05) is 37.3 Å². The first-order chi connectivity index (χ1) is 9.09. The molecule has 1 aliphatic heterocycles. The van der Waals surface area contributed by atoms with Gasteiger partial charge < -0.3 is 4.74 Å². The van der Waals surface area contributed by atoms with E-state index in [1.165, 1.54) is 13.5 Å². The number of rotatable bonds is 3. The molecule has 3 heteroatoms. The Morgan fingerprint density at radius 3 is 2.63 bits per heavy atom. The van der Waals surface area contributed by atoms with Crippen molar-refractivity contribution < 1.29 is 9.53 Å². The number of nitrogens with zero attached hydrogens (tertiary/aromatic N) is 1. The molecule has 0 radical (unpaired) electrons. The molecule has 0 aliphatic carbocycles. The smallest absolute Gasteiger partial charge is 0.330 e. The van der Waals surface area contributed by atoms with Gasteiger partial charge in [0.25, 0.3) is 0 Å². The SMILES string of the molecule is COC(=O)[C@](C)(c1ccccc1)N1CCC[C@H](C)C1. The number of hydrogen-bond acceptors (Lipinski definition) is 3. The fourth-order valence-electron chi connectivity index (χ4n) is 2.99. The first-order valence-corrected chi connectivity index (χ1v) is 6.98. The zero-order valence-electron chi connectivity index (χ0n) is 12.1. The summed E-state index contributed by atoms with van der Waals surface area (Å²) < 4.78 is 5.08. The maximum atomic E-state index is 12.4. The maximum Gasteiger partial charge on any atom is 0.330 e. The number of piperidine rings is 1. The number of carbonyl (C=O) groups excluding carboxylic acids is 1. The van der Waals surface area contributed by atoms with Gasteiger partial charge in [0.05, 0.1) is 7.11 Å². The van der Waals surface area contributed by atoms with Crippen LogP contribution < -0.4 is 0 Å². The van der Waals surface area contributed by atoms with Crippen molar-refractivity contribution in [2.24, 2.45) is 5.92 Å². The Balaban J connectivity index is 2.37. The molecule has 0 unspecified atom stereocenters.